The molecule has 0 spiro atoms. The Morgan fingerprint density at radius 1 is 0.403 bits per heavy atom. The molecule has 330 valence electrons. The van der Waals surface area contributed by atoms with E-state index in [9.17, 15) is 0 Å². The highest BCUT2D eigenvalue weighted by Gasteiger charge is 2.43. The van der Waals surface area contributed by atoms with Crippen LogP contribution in [0.1, 0.15) is 105 Å². The number of hydrogen-bond acceptors (Lipinski definition) is 2. The van der Waals surface area contributed by atoms with Crippen molar-refractivity contribution in [3.05, 3.63) is 162 Å². The number of rotatable bonds is 3. The third kappa shape index (κ3) is 6.19. The molecule has 7 aromatic carbocycles. The van der Waals surface area contributed by atoms with Gasteiger partial charge in [0, 0.05) is 61.9 Å². The molecule has 3 aromatic heterocycles. The maximum Gasteiger partial charge on any atom is 0.252 e. The minimum absolute atomic E-state index is 0.0676. The fraction of sp³-hybridized carbons (Fsp3) is 0.258. The van der Waals surface area contributed by atoms with E-state index in [2.05, 4.69) is 214 Å². The molecule has 12 rings (SSSR count). The third-order valence-electron chi connectivity index (χ3n) is 14.9. The van der Waals surface area contributed by atoms with Crippen molar-refractivity contribution in [2.75, 3.05) is 0 Å². The molecule has 0 atom stereocenters. The normalized spacial score (nSPS) is 13.6. The van der Waals surface area contributed by atoms with Gasteiger partial charge in [0.25, 0.3) is 6.71 Å². The molecule has 0 saturated heterocycles. The van der Waals surface area contributed by atoms with Crippen LogP contribution in [0, 0.1) is 0 Å². The van der Waals surface area contributed by atoms with E-state index in [0.29, 0.717) is 0 Å². The first-order valence-electron chi connectivity index (χ1n) is 24.2. The molecule has 4 nitrogen and oxygen atoms in total. The predicted octanol–water partition coefficient (Wildman–Crippen LogP) is 14.0. The Bertz CT molecular complexity index is 3470. The maximum absolute atomic E-state index is 4.94. The molecule has 67 heavy (non-hydrogen) atoms. The molecule has 0 fully saturated rings. The summed E-state index contributed by atoms with van der Waals surface area (Å²) >= 11 is 0. The molecule has 0 bridgehead atoms. The fourth-order valence-electron chi connectivity index (χ4n) is 11.5. The summed E-state index contributed by atoms with van der Waals surface area (Å²) in [4.78, 5) is 9.89. The van der Waals surface area contributed by atoms with Crippen molar-refractivity contribution in [1.29, 1.82) is 0 Å². The monoisotopic (exact) mass is 870 g/mol. The van der Waals surface area contributed by atoms with E-state index in [0.717, 1.165) is 11.4 Å². The van der Waals surface area contributed by atoms with Gasteiger partial charge in [-0.2, -0.15) is 0 Å². The molecular formula is C62H59BN4. The lowest BCUT2D eigenvalue weighted by molar-refractivity contribution is 0.572. The van der Waals surface area contributed by atoms with E-state index in [1.54, 1.807) is 0 Å². The zero-order valence-corrected chi connectivity index (χ0v) is 41.1. The Morgan fingerprint density at radius 2 is 0.821 bits per heavy atom. The first-order chi connectivity index (χ1) is 31.8. The van der Waals surface area contributed by atoms with Crippen molar-refractivity contribution in [1.82, 2.24) is 19.1 Å². The van der Waals surface area contributed by atoms with Gasteiger partial charge < -0.3 is 9.13 Å². The van der Waals surface area contributed by atoms with Crippen LogP contribution in [0.15, 0.2) is 140 Å². The molecule has 0 radical (unpaired) electrons. The van der Waals surface area contributed by atoms with Gasteiger partial charge in [0.1, 0.15) is 0 Å². The van der Waals surface area contributed by atoms with Crippen molar-refractivity contribution in [3.63, 3.8) is 0 Å². The lowest BCUT2D eigenvalue weighted by atomic mass is 9.34. The molecule has 2 aliphatic heterocycles. The molecule has 5 heterocycles. The highest BCUT2D eigenvalue weighted by atomic mass is 15.0. The van der Waals surface area contributed by atoms with Crippen molar-refractivity contribution in [2.45, 2.75) is 105 Å². The molecule has 0 aliphatic carbocycles. The van der Waals surface area contributed by atoms with E-state index in [4.69, 9.17) is 9.97 Å². The Labute approximate surface area is 395 Å². The Balaban J connectivity index is 1.36. The zero-order valence-electron chi connectivity index (χ0n) is 41.1. The largest absolute Gasteiger partial charge is 0.310 e. The van der Waals surface area contributed by atoms with Gasteiger partial charge in [0.05, 0.1) is 11.0 Å². The van der Waals surface area contributed by atoms with Crippen LogP contribution >= 0.6 is 0 Å². The van der Waals surface area contributed by atoms with Crippen LogP contribution in [-0.2, 0) is 21.7 Å². The summed E-state index contributed by atoms with van der Waals surface area (Å²) in [5.74, 6) is 0.727. The van der Waals surface area contributed by atoms with Crippen LogP contribution in [0.4, 0.5) is 0 Å². The first-order valence-corrected chi connectivity index (χ1v) is 24.2. The van der Waals surface area contributed by atoms with Crippen molar-refractivity contribution >= 4 is 66.7 Å². The number of nitrogens with zero attached hydrogens (tertiary/aromatic N) is 4. The minimum atomic E-state index is -0.125. The van der Waals surface area contributed by atoms with E-state index in [-0.39, 0.29) is 28.4 Å². The summed E-state index contributed by atoms with van der Waals surface area (Å²) < 4.78 is 5.30. The number of fused-ring (bicyclic) bond motifs is 10. The summed E-state index contributed by atoms with van der Waals surface area (Å²) in [6.07, 6.45) is 3.75. The summed E-state index contributed by atoms with van der Waals surface area (Å²) in [6.45, 7) is 28.3. The SMILES string of the molecule is CC(C)(C)c1cc(C(C)(C)C)c2c3cc(-c4ccccc4)cc4c3n(c2c1)-c1cc(-c2ncccn2)cc2c1B4c1cc(-c3ccccc3)cc3c4c(C(C)(C)C)cc(C(C)(C)C)cc4n-2c13. The second-order valence-corrected chi connectivity index (χ2v) is 23.6. The minimum Gasteiger partial charge on any atom is -0.310 e. The van der Waals surface area contributed by atoms with E-state index in [1.807, 2.05) is 18.5 Å². The number of hydrogen-bond donors (Lipinski definition) is 0. The second kappa shape index (κ2) is 13.9. The third-order valence-corrected chi connectivity index (χ3v) is 14.9. The van der Waals surface area contributed by atoms with Crippen LogP contribution in [0.3, 0.4) is 0 Å². The van der Waals surface area contributed by atoms with E-state index < -0.39 is 0 Å². The second-order valence-electron chi connectivity index (χ2n) is 23.6. The summed E-state index contributed by atoms with van der Waals surface area (Å²) in [5.41, 5.74) is 22.5. The van der Waals surface area contributed by atoms with E-state index in [1.165, 1.54) is 116 Å². The fourth-order valence-corrected chi connectivity index (χ4v) is 11.5. The van der Waals surface area contributed by atoms with Gasteiger partial charge in [-0.15, -0.1) is 0 Å². The van der Waals surface area contributed by atoms with Crippen LogP contribution < -0.4 is 16.4 Å². The highest BCUT2D eigenvalue weighted by Crippen LogP contribution is 2.48. The Morgan fingerprint density at radius 3 is 1.21 bits per heavy atom. The van der Waals surface area contributed by atoms with Gasteiger partial charge in [-0.1, -0.05) is 168 Å². The van der Waals surface area contributed by atoms with Crippen LogP contribution in [0.25, 0.3) is 88.6 Å². The average Bonchev–Trinajstić information content (AvgIpc) is 3.81. The predicted molar refractivity (Wildman–Crippen MR) is 286 cm³/mol. The molecule has 10 aromatic rings. The quantitative estimate of drug-likeness (QED) is 0.166. The topological polar surface area (TPSA) is 35.6 Å². The summed E-state index contributed by atoms with van der Waals surface area (Å²) in [6, 6.07) is 48.9. The number of benzene rings is 7. The smallest absolute Gasteiger partial charge is 0.252 e. The van der Waals surface area contributed by atoms with Gasteiger partial charge in [-0.05, 0) is 125 Å². The first kappa shape index (κ1) is 41.7. The maximum atomic E-state index is 4.94. The molecule has 0 amide bonds. The van der Waals surface area contributed by atoms with Crippen LogP contribution in [0.2, 0.25) is 0 Å². The summed E-state index contributed by atoms with van der Waals surface area (Å²) in [5, 5.41) is 5.27. The van der Waals surface area contributed by atoms with E-state index >= 15 is 0 Å². The van der Waals surface area contributed by atoms with Crippen LogP contribution in [-0.4, -0.2) is 25.8 Å². The standard InChI is InChI=1S/C62H59BN4/c1-59(2,3)41-32-45(61(7,8)9)53-43-26-38(36-20-15-13-16-21-36)28-47-56(43)66(49(53)34-41)51-30-40(58-64-24-19-25-65-58)31-52-55(51)63(47)48-29-39(37-22-17-14-18-23-37)27-44-54-46(62(10,11)12)33-42(60(4,5)6)35-50(54)67(52)57(44)48/h13-35H,1-12H3. The zero-order chi connectivity index (χ0) is 46.7. The molecule has 5 heteroatoms. The van der Waals surface area contributed by atoms with Gasteiger partial charge in [-0.25, -0.2) is 9.97 Å². The van der Waals surface area contributed by atoms with Gasteiger partial charge in [0.15, 0.2) is 5.82 Å². The summed E-state index contributed by atoms with van der Waals surface area (Å²) in [7, 11) is 0. The van der Waals surface area contributed by atoms with Crippen molar-refractivity contribution in [2.24, 2.45) is 0 Å². The van der Waals surface area contributed by atoms with Crippen molar-refractivity contribution in [3.8, 4) is 45.0 Å². The number of aromatic nitrogens is 4. The lowest BCUT2D eigenvalue weighted by Crippen LogP contribution is -2.59. The average molecular weight is 871 g/mol. The Hall–Kier alpha value is -6.72. The molecule has 0 saturated carbocycles. The molecule has 2 aliphatic rings. The molecular weight excluding hydrogens is 812 g/mol. The highest BCUT2D eigenvalue weighted by molar-refractivity contribution is 7.00. The lowest BCUT2D eigenvalue weighted by Gasteiger charge is -2.35. The van der Waals surface area contributed by atoms with Crippen LogP contribution in [0.5, 0.6) is 0 Å². The van der Waals surface area contributed by atoms with Gasteiger partial charge in [-0.3, -0.25) is 0 Å². The molecule has 0 N–H and O–H groups in total. The van der Waals surface area contributed by atoms with Gasteiger partial charge >= 0.3 is 0 Å². The Kier molecular flexibility index (Phi) is 8.66. The molecule has 0 unspecified atom stereocenters. The van der Waals surface area contributed by atoms with Gasteiger partial charge in [0.2, 0.25) is 0 Å². The van der Waals surface area contributed by atoms with Crippen molar-refractivity contribution < 1.29 is 0 Å².